The van der Waals surface area contributed by atoms with Gasteiger partial charge in [0.2, 0.25) is 5.95 Å². The van der Waals surface area contributed by atoms with Crippen molar-refractivity contribution in [3.8, 4) is 0 Å². The average Bonchev–Trinajstić information content (AvgIpc) is 3.16. The molecule has 0 amide bonds. The number of halogens is 1. The van der Waals surface area contributed by atoms with E-state index in [1.165, 1.54) is 4.57 Å². The Morgan fingerprint density at radius 2 is 1.82 bits per heavy atom. The Morgan fingerprint density at radius 1 is 1.03 bits per heavy atom. The summed E-state index contributed by atoms with van der Waals surface area (Å²) in [4.78, 5) is 34.7. The molecule has 0 saturated heterocycles. The number of nitrogens with one attached hydrogen (secondary N) is 1. The molecule has 8 nitrogen and oxygen atoms in total. The molecule has 0 unspecified atom stereocenters. The molecule has 2 aromatic heterocycles. The molecule has 0 spiro atoms. The Bertz CT molecular complexity index is 1380. The number of anilines is 2. The van der Waals surface area contributed by atoms with Crippen molar-refractivity contribution in [3.63, 3.8) is 0 Å². The Morgan fingerprint density at radius 3 is 2.58 bits per heavy atom. The summed E-state index contributed by atoms with van der Waals surface area (Å²) < 4.78 is 3.61. The zero-order chi connectivity index (χ0) is 23.4. The number of aryl methyl sites for hydroxylation is 1. The molecular formula is C23H24ClN5O3S. The predicted molar refractivity (Wildman–Crippen MR) is 132 cm³/mol. The zero-order valence-corrected chi connectivity index (χ0v) is 19.7. The summed E-state index contributed by atoms with van der Waals surface area (Å²) in [6, 6.07) is 12.9. The van der Waals surface area contributed by atoms with Gasteiger partial charge in [-0.1, -0.05) is 23.7 Å². The van der Waals surface area contributed by atoms with Gasteiger partial charge in [0.25, 0.3) is 0 Å². The normalized spacial score (nSPS) is 11.2. The van der Waals surface area contributed by atoms with Crippen molar-refractivity contribution in [2.75, 3.05) is 11.9 Å². The second kappa shape index (κ2) is 10.3. The number of aliphatic hydroxyl groups is 1. The first kappa shape index (κ1) is 23.2. The summed E-state index contributed by atoms with van der Waals surface area (Å²) in [6.07, 6.45) is 1.95. The van der Waals surface area contributed by atoms with Crippen molar-refractivity contribution in [3.05, 3.63) is 79.0 Å². The predicted octanol–water partition coefficient (Wildman–Crippen LogP) is 3.93. The van der Waals surface area contributed by atoms with E-state index in [4.69, 9.17) is 16.7 Å². The Hall–Kier alpha value is -3.01. The highest BCUT2D eigenvalue weighted by Gasteiger charge is 2.15. The number of unbranched alkanes of at least 4 members (excludes halogenated alkanes) is 2. The number of aromatic nitrogens is 4. The lowest BCUT2D eigenvalue weighted by Gasteiger charge is -2.16. The summed E-state index contributed by atoms with van der Waals surface area (Å²) in [5, 5.41) is 13.7. The molecule has 4 rings (SSSR count). The van der Waals surface area contributed by atoms with Crippen LogP contribution < -0.4 is 16.7 Å². The highest BCUT2D eigenvalue weighted by molar-refractivity contribution is 7.18. The van der Waals surface area contributed by atoms with E-state index >= 15 is 0 Å². The topological polar surface area (TPSA) is 102 Å². The van der Waals surface area contributed by atoms with Crippen molar-refractivity contribution in [1.29, 1.82) is 0 Å². The van der Waals surface area contributed by atoms with E-state index < -0.39 is 11.4 Å². The monoisotopic (exact) mass is 485 g/mol. The molecule has 33 heavy (non-hydrogen) atoms. The molecule has 0 saturated carbocycles. The van der Waals surface area contributed by atoms with Crippen LogP contribution >= 0.6 is 22.9 Å². The van der Waals surface area contributed by atoms with Crippen LogP contribution in [0.3, 0.4) is 0 Å². The lowest BCUT2D eigenvalue weighted by molar-refractivity contribution is 0.281. The lowest BCUT2D eigenvalue weighted by Crippen LogP contribution is -2.42. The molecule has 2 heterocycles. The van der Waals surface area contributed by atoms with Gasteiger partial charge >= 0.3 is 11.4 Å². The summed E-state index contributed by atoms with van der Waals surface area (Å²) in [7, 11) is 0. The smallest absolute Gasteiger partial charge is 0.354 e. The molecule has 0 radical (unpaired) electrons. The lowest BCUT2D eigenvalue weighted by atomic mass is 10.2. The van der Waals surface area contributed by atoms with Crippen molar-refractivity contribution >= 4 is 44.8 Å². The van der Waals surface area contributed by atoms with Gasteiger partial charge in [-0.3, -0.25) is 4.57 Å². The molecule has 10 heteroatoms. The molecule has 0 atom stereocenters. The molecule has 0 aliphatic rings. The van der Waals surface area contributed by atoms with Gasteiger partial charge in [-0.2, -0.15) is 4.98 Å². The third kappa shape index (κ3) is 5.50. The number of aliphatic hydroxyl groups excluding tert-OH is 1. The summed E-state index contributed by atoms with van der Waals surface area (Å²) >= 11 is 7.57. The van der Waals surface area contributed by atoms with E-state index in [0.29, 0.717) is 30.0 Å². The Balaban J connectivity index is 1.72. The van der Waals surface area contributed by atoms with Crippen LogP contribution in [0.1, 0.15) is 29.8 Å². The van der Waals surface area contributed by atoms with Crippen LogP contribution in [-0.4, -0.2) is 30.8 Å². The fourth-order valence-electron chi connectivity index (χ4n) is 3.54. The SMILES string of the molecule is Cc1nc2ccc(Nc3nc(=O)n(CCCCCO)c(=O)n3Cc3ccc(Cl)cc3)cc2s1. The molecule has 2 aromatic carbocycles. The van der Waals surface area contributed by atoms with Crippen LogP contribution in [0.15, 0.2) is 52.1 Å². The van der Waals surface area contributed by atoms with E-state index in [1.807, 2.05) is 37.3 Å². The largest absolute Gasteiger partial charge is 0.396 e. The van der Waals surface area contributed by atoms with Crippen molar-refractivity contribution in [2.24, 2.45) is 0 Å². The third-order valence-corrected chi connectivity index (χ3v) is 6.38. The fourth-order valence-corrected chi connectivity index (χ4v) is 4.53. The second-order valence-corrected chi connectivity index (χ2v) is 9.36. The van der Waals surface area contributed by atoms with Crippen LogP contribution in [0.25, 0.3) is 10.2 Å². The minimum atomic E-state index is -0.603. The number of hydrogen-bond acceptors (Lipinski definition) is 7. The first-order valence-corrected chi connectivity index (χ1v) is 11.9. The maximum absolute atomic E-state index is 13.3. The van der Waals surface area contributed by atoms with Crippen LogP contribution in [0, 0.1) is 6.92 Å². The summed E-state index contributed by atoms with van der Waals surface area (Å²) in [5.74, 6) is 0.173. The summed E-state index contributed by atoms with van der Waals surface area (Å²) in [6.45, 7) is 2.51. The van der Waals surface area contributed by atoms with Gasteiger partial charge in [0.1, 0.15) is 0 Å². The van der Waals surface area contributed by atoms with E-state index in [0.717, 1.165) is 25.4 Å². The number of hydrogen-bond donors (Lipinski definition) is 2. The Labute approximate surface area is 199 Å². The standard InChI is InChI=1S/C23H24ClN5O3S/c1-15-25-19-10-9-18(13-20(19)33-15)26-21-27-22(31)28(11-3-2-4-12-30)23(32)29(21)14-16-5-7-17(24)8-6-16/h5-10,13,30H,2-4,11-12,14H2,1H3,(H,26,27,31). The van der Waals surface area contributed by atoms with E-state index in [2.05, 4.69) is 15.3 Å². The van der Waals surface area contributed by atoms with Gasteiger partial charge in [-0.15, -0.1) is 11.3 Å². The minimum absolute atomic E-state index is 0.0838. The fraction of sp³-hybridized carbons (Fsp3) is 0.304. The maximum Gasteiger partial charge on any atom is 0.354 e. The van der Waals surface area contributed by atoms with Gasteiger partial charge in [-0.05, 0) is 62.1 Å². The number of thiazole rings is 1. The van der Waals surface area contributed by atoms with Crippen LogP contribution in [-0.2, 0) is 13.1 Å². The molecule has 2 N–H and O–H groups in total. The van der Waals surface area contributed by atoms with E-state index in [-0.39, 0.29) is 25.6 Å². The quantitative estimate of drug-likeness (QED) is 0.348. The molecule has 4 aromatic rings. The number of nitrogens with zero attached hydrogens (tertiary/aromatic N) is 4. The molecule has 0 aliphatic heterocycles. The molecule has 0 bridgehead atoms. The minimum Gasteiger partial charge on any atom is -0.396 e. The number of benzene rings is 2. The first-order valence-electron chi connectivity index (χ1n) is 10.7. The number of rotatable bonds is 9. The zero-order valence-electron chi connectivity index (χ0n) is 18.1. The summed E-state index contributed by atoms with van der Waals surface area (Å²) in [5.41, 5.74) is 1.42. The first-order chi connectivity index (χ1) is 15.9. The van der Waals surface area contributed by atoms with Crippen LogP contribution in [0.4, 0.5) is 11.6 Å². The van der Waals surface area contributed by atoms with Gasteiger partial charge in [0, 0.05) is 23.9 Å². The maximum atomic E-state index is 13.3. The van der Waals surface area contributed by atoms with Gasteiger partial charge in [0.15, 0.2) is 0 Å². The highest BCUT2D eigenvalue weighted by Crippen LogP contribution is 2.26. The van der Waals surface area contributed by atoms with Crippen LogP contribution in [0.2, 0.25) is 5.02 Å². The van der Waals surface area contributed by atoms with Gasteiger partial charge < -0.3 is 10.4 Å². The van der Waals surface area contributed by atoms with Crippen molar-refractivity contribution in [1.82, 2.24) is 19.1 Å². The average molecular weight is 486 g/mol. The van der Waals surface area contributed by atoms with E-state index in [1.54, 1.807) is 23.5 Å². The molecule has 172 valence electrons. The van der Waals surface area contributed by atoms with Crippen LogP contribution in [0.5, 0.6) is 0 Å². The second-order valence-electron chi connectivity index (χ2n) is 7.69. The van der Waals surface area contributed by atoms with Crippen molar-refractivity contribution < 1.29 is 5.11 Å². The highest BCUT2D eigenvalue weighted by atomic mass is 35.5. The molecule has 0 aliphatic carbocycles. The van der Waals surface area contributed by atoms with E-state index in [9.17, 15) is 9.59 Å². The van der Waals surface area contributed by atoms with Crippen molar-refractivity contribution in [2.45, 2.75) is 39.3 Å². The Kier molecular flexibility index (Phi) is 7.22. The molecular weight excluding hydrogens is 462 g/mol. The van der Waals surface area contributed by atoms with Gasteiger partial charge in [0.05, 0.1) is 21.8 Å². The molecule has 0 fully saturated rings. The third-order valence-electron chi connectivity index (χ3n) is 5.20. The van der Waals surface area contributed by atoms with Gasteiger partial charge in [-0.25, -0.2) is 19.1 Å². The number of fused-ring (bicyclic) bond motifs is 1.